The maximum Gasteiger partial charge on any atom is 0.268 e. The Kier molecular flexibility index (Phi) is 3.43. The van der Waals surface area contributed by atoms with Crippen LogP contribution in [0.5, 0.6) is 0 Å². The fraction of sp³-hybridized carbons (Fsp3) is 0.0667. The number of hydrogen-bond donors (Lipinski definition) is 0. The molecule has 0 radical (unpaired) electrons. The lowest BCUT2D eigenvalue weighted by molar-refractivity contribution is 0.433. The summed E-state index contributed by atoms with van der Waals surface area (Å²) < 4.78 is 20.0. The summed E-state index contributed by atoms with van der Waals surface area (Å²) in [6.45, 7) is 0.417. The first-order valence-electron chi connectivity index (χ1n) is 6.80. The molecule has 0 spiro atoms. The van der Waals surface area contributed by atoms with Gasteiger partial charge in [-0.15, -0.1) is 16.4 Å². The van der Waals surface area contributed by atoms with Gasteiger partial charge in [0.05, 0.1) is 17.6 Å². The molecule has 0 unspecified atom stereocenters. The normalized spacial score (nSPS) is 11.0. The lowest BCUT2D eigenvalue weighted by Crippen LogP contribution is -2.00. The van der Waals surface area contributed by atoms with Gasteiger partial charge < -0.3 is 4.52 Å². The van der Waals surface area contributed by atoms with Gasteiger partial charge in [-0.1, -0.05) is 28.6 Å². The molecule has 114 valence electrons. The minimum absolute atomic E-state index is 0.276. The fourth-order valence-corrected chi connectivity index (χ4v) is 2.77. The van der Waals surface area contributed by atoms with Crippen molar-refractivity contribution in [2.24, 2.45) is 0 Å². The van der Waals surface area contributed by atoms with Gasteiger partial charge in [0.25, 0.3) is 5.89 Å². The average Bonchev–Trinajstić information content (AvgIpc) is 3.28. The second-order valence-electron chi connectivity index (χ2n) is 4.83. The van der Waals surface area contributed by atoms with E-state index in [-0.39, 0.29) is 5.82 Å². The minimum Gasteiger partial charge on any atom is -0.333 e. The molecule has 4 aromatic rings. The van der Waals surface area contributed by atoms with Crippen LogP contribution in [-0.2, 0) is 6.54 Å². The molecule has 23 heavy (non-hydrogen) atoms. The van der Waals surface area contributed by atoms with Gasteiger partial charge in [-0.3, -0.25) is 0 Å². The summed E-state index contributed by atoms with van der Waals surface area (Å²) in [6, 6.07) is 10.2. The fourth-order valence-electron chi connectivity index (χ4n) is 2.13. The summed E-state index contributed by atoms with van der Waals surface area (Å²) in [4.78, 5) is 5.21. The summed E-state index contributed by atoms with van der Waals surface area (Å²) in [5, 5.41) is 13.9. The standard InChI is InChI=1S/C15H10FN5OS/c16-11-4-1-3-10(7-11)8-21-9-12(18-20-21)14-17-15(22-19-14)13-5-2-6-23-13/h1-7,9H,8H2. The van der Waals surface area contributed by atoms with E-state index in [0.29, 0.717) is 24.0 Å². The van der Waals surface area contributed by atoms with Crippen LogP contribution >= 0.6 is 11.3 Å². The summed E-state index contributed by atoms with van der Waals surface area (Å²) in [7, 11) is 0. The maximum atomic E-state index is 13.2. The van der Waals surface area contributed by atoms with Crippen molar-refractivity contribution in [3.05, 3.63) is 59.4 Å². The van der Waals surface area contributed by atoms with E-state index in [1.165, 1.54) is 23.5 Å². The third-order valence-corrected chi connectivity index (χ3v) is 4.02. The molecule has 1 aromatic carbocycles. The van der Waals surface area contributed by atoms with Crippen molar-refractivity contribution in [1.82, 2.24) is 25.1 Å². The molecule has 0 saturated carbocycles. The van der Waals surface area contributed by atoms with Crippen LogP contribution in [0.2, 0.25) is 0 Å². The number of hydrogen-bond acceptors (Lipinski definition) is 6. The molecule has 0 aliphatic heterocycles. The molecule has 0 N–H and O–H groups in total. The summed E-state index contributed by atoms with van der Waals surface area (Å²) in [6.07, 6.45) is 1.70. The average molecular weight is 327 g/mol. The number of halogens is 1. The smallest absolute Gasteiger partial charge is 0.268 e. The van der Waals surface area contributed by atoms with Gasteiger partial charge in [-0.2, -0.15) is 4.98 Å². The molecule has 3 aromatic heterocycles. The van der Waals surface area contributed by atoms with Crippen molar-refractivity contribution in [3.8, 4) is 22.3 Å². The zero-order chi connectivity index (χ0) is 15.6. The van der Waals surface area contributed by atoms with Crippen LogP contribution in [0.4, 0.5) is 4.39 Å². The molecule has 6 nitrogen and oxygen atoms in total. The Hall–Kier alpha value is -2.87. The molecule has 3 heterocycles. The largest absolute Gasteiger partial charge is 0.333 e. The highest BCUT2D eigenvalue weighted by molar-refractivity contribution is 7.13. The van der Waals surface area contributed by atoms with Gasteiger partial charge in [-0.05, 0) is 29.1 Å². The number of benzene rings is 1. The molecule has 0 amide bonds. The maximum absolute atomic E-state index is 13.2. The van der Waals surface area contributed by atoms with Crippen LogP contribution in [0.15, 0.2) is 52.5 Å². The quantitative estimate of drug-likeness (QED) is 0.575. The van der Waals surface area contributed by atoms with Gasteiger partial charge in [-0.25, -0.2) is 9.07 Å². The predicted octanol–water partition coefficient (Wildman–Crippen LogP) is 3.24. The monoisotopic (exact) mass is 327 g/mol. The first-order valence-corrected chi connectivity index (χ1v) is 7.68. The van der Waals surface area contributed by atoms with Gasteiger partial charge in [0, 0.05) is 0 Å². The van der Waals surface area contributed by atoms with E-state index >= 15 is 0 Å². The number of rotatable bonds is 4. The topological polar surface area (TPSA) is 69.6 Å². The van der Waals surface area contributed by atoms with E-state index in [1.54, 1.807) is 16.9 Å². The Morgan fingerprint density at radius 1 is 1.22 bits per heavy atom. The Morgan fingerprint density at radius 2 is 2.17 bits per heavy atom. The Morgan fingerprint density at radius 3 is 3.00 bits per heavy atom. The van der Waals surface area contributed by atoms with Crippen molar-refractivity contribution in [2.75, 3.05) is 0 Å². The second-order valence-corrected chi connectivity index (χ2v) is 5.78. The highest BCUT2D eigenvalue weighted by atomic mass is 32.1. The van der Waals surface area contributed by atoms with Crippen molar-refractivity contribution < 1.29 is 8.91 Å². The number of aromatic nitrogens is 5. The molecule has 0 atom stereocenters. The van der Waals surface area contributed by atoms with Crippen LogP contribution in [0.3, 0.4) is 0 Å². The Bertz CT molecular complexity index is 931. The Balaban J connectivity index is 1.56. The molecule has 4 rings (SSSR count). The van der Waals surface area contributed by atoms with E-state index in [2.05, 4.69) is 20.5 Å². The van der Waals surface area contributed by atoms with E-state index in [9.17, 15) is 4.39 Å². The molecule has 0 bridgehead atoms. The molecule has 0 aliphatic rings. The van der Waals surface area contributed by atoms with E-state index in [0.717, 1.165) is 10.4 Å². The Labute approximate surface area is 134 Å². The first-order chi connectivity index (χ1) is 11.3. The van der Waals surface area contributed by atoms with Crippen LogP contribution in [-0.4, -0.2) is 25.1 Å². The lowest BCUT2D eigenvalue weighted by Gasteiger charge is -2.00. The van der Waals surface area contributed by atoms with Gasteiger partial charge in [0.15, 0.2) is 5.69 Å². The molecule has 0 fully saturated rings. The zero-order valence-corrected chi connectivity index (χ0v) is 12.6. The minimum atomic E-state index is -0.276. The van der Waals surface area contributed by atoms with Crippen LogP contribution in [0.1, 0.15) is 5.56 Å². The molecule has 8 heteroatoms. The summed E-state index contributed by atoms with van der Waals surface area (Å²) in [5.41, 5.74) is 1.31. The molecular formula is C15H10FN5OS. The third kappa shape index (κ3) is 2.88. The van der Waals surface area contributed by atoms with E-state index < -0.39 is 0 Å². The van der Waals surface area contributed by atoms with E-state index in [1.807, 2.05) is 23.6 Å². The summed E-state index contributed by atoms with van der Waals surface area (Å²) in [5.74, 6) is 0.551. The van der Waals surface area contributed by atoms with E-state index in [4.69, 9.17) is 4.52 Å². The highest BCUT2D eigenvalue weighted by Crippen LogP contribution is 2.24. The van der Waals surface area contributed by atoms with Crippen LogP contribution < -0.4 is 0 Å². The highest BCUT2D eigenvalue weighted by Gasteiger charge is 2.14. The third-order valence-electron chi connectivity index (χ3n) is 3.16. The van der Waals surface area contributed by atoms with Crippen molar-refractivity contribution in [2.45, 2.75) is 6.54 Å². The molecule has 0 aliphatic carbocycles. The van der Waals surface area contributed by atoms with Gasteiger partial charge >= 0.3 is 0 Å². The zero-order valence-electron chi connectivity index (χ0n) is 11.8. The SMILES string of the molecule is Fc1cccc(Cn2cc(-c3noc(-c4cccs4)n3)nn2)c1. The second kappa shape index (κ2) is 5.73. The van der Waals surface area contributed by atoms with Crippen molar-refractivity contribution in [1.29, 1.82) is 0 Å². The van der Waals surface area contributed by atoms with Gasteiger partial charge in [0.1, 0.15) is 5.82 Å². The first kappa shape index (κ1) is 13.8. The molecular weight excluding hydrogens is 317 g/mol. The molecule has 0 saturated heterocycles. The number of nitrogens with zero attached hydrogens (tertiary/aromatic N) is 5. The van der Waals surface area contributed by atoms with Gasteiger partial charge in [0.2, 0.25) is 5.82 Å². The summed E-state index contributed by atoms with van der Waals surface area (Å²) >= 11 is 1.52. The van der Waals surface area contributed by atoms with Crippen molar-refractivity contribution >= 4 is 11.3 Å². The van der Waals surface area contributed by atoms with Crippen LogP contribution in [0.25, 0.3) is 22.3 Å². The number of thiophene rings is 1. The van der Waals surface area contributed by atoms with Crippen molar-refractivity contribution in [3.63, 3.8) is 0 Å². The van der Waals surface area contributed by atoms with Crippen LogP contribution in [0, 0.1) is 5.82 Å². The lowest BCUT2D eigenvalue weighted by atomic mass is 10.2. The predicted molar refractivity (Wildman–Crippen MR) is 82.1 cm³/mol.